The lowest BCUT2D eigenvalue weighted by molar-refractivity contribution is -0.117. The van der Waals surface area contributed by atoms with Crippen LogP contribution in [0.25, 0.3) is 22.0 Å². The maximum absolute atomic E-state index is 12.8. The molecule has 0 unspecified atom stereocenters. The van der Waals surface area contributed by atoms with E-state index in [-0.39, 0.29) is 24.0 Å². The van der Waals surface area contributed by atoms with Gasteiger partial charge in [0.05, 0.1) is 22.3 Å². The average molecular weight is 514 g/mol. The predicted molar refractivity (Wildman–Crippen MR) is 143 cm³/mol. The summed E-state index contributed by atoms with van der Waals surface area (Å²) in [5, 5.41) is 13.6. The third kappa shape index (κ3) is 4.65. The average Bonchev–Trinajstić information content (AvgIpc) is 3.71. The number of fused-ring (bicyclic) bond motifs is 2. The molecule has 2 aromatic carbocycles. The molecule has 3 aromatic rings. The highest BCUT2D eigenvalue weighted by molar-refractivity contribution is 6.10. The van der Waals surface area contributed by atoms with E-state index in [0.717, 1.165) is 36.6 Å². The van der Waals surface area contributed by atoms with Crippen LogP contribution in [-0.2, 0) is 22.7 Å². The number of carboxylic acids is 1. The van der Waals surface area contributed by atoms with E-state index in [1.165, 1.54) is 19.3 Å². The number of esters is 1. The number of aromatic carboxylic acids is 1. The van der Waals surface area contributed by atoms with Crippen LogP contribution < -0.4 is 5.32 Å². The summed E-state index contributed by atoms with van der Waals surface area (Å²) in [6.07, 6.45) is 7.71. The second-order valence-corrected chi connectivity index (χ2v) is 10.8. The number of hydrogen-bond donors (Lipinski definition) is 2. The van der Waals surface area contributed by atoms with Crippen LogP contribution in [0.4, 0.5) is 5.69 Å². The number of benzene rings is 2. The van der Waals surface area contributed by atoms with E-state index >= 15 is 0 Å². The number of nitrogens with one attached hydrogen (secondary N) is 1. The Morgan fingerprint density at radius 3 is 2.58 bits per heavy atom. The second-order valence-electron chi connectivity index (χ2n) is 10.8. The summed E-state index contributed by atoms with van der Waals surface area (Å²) in [7, 11) is 2.06. The van der Waals surface area contributed by atoms with E-state index in [0.29, 0.717) is 46.2 Å². The predicted octanol–water partition coefficient (Wildman–Crippen LogP) is 5.38. The Morgan fingerprint density at radius 2 is 1.84 bits per heavy atom. The van der Waals surface area contributed by atoms with Crippen LogP contribution in [0.1, 0.15) is 76.9 Å². The molecule has 2 saturated carbocycles. The summed E-state index contributed by atoms with van der Waals surface area (Å²) in [5.41, 5.74) is 4.68. The topological polar surface area (TPSA) is 109 Å². The summed E-state index contributed by atoms with van der Waals surface area (Å²) >= 11 is 0. The van der Waals surface area contributed by atoms with Crippen molar-refractivity contribution >= 4 is 34.4 Å². The molecule has 0 atom stereocenters. The number of hydrogen-bond acceptors (Lipinski definition) is 6. The number of rotatable bonds is 7. The standard InChI is InChI=1S/C30H31N3O5/c1-33(21-5-3-2-4-6-21)15-19-13-18(9-11-22(19)29(35)36)26-23-12-10-20(31-28(34)17-7-8-17)14-24(23)32-25-16-38-30(37)27(25)26/h9-14,17,21H,2-8,15-16H2,1H3,(H,31,34)(H,35,36). The Bertz CT molecular complexity index is 1460. The fourth-order valence-corrected chi connectivity index (χ4v) is 5.82. The third-order valence-corrected chi connectivity index (χ3v) is 8.06. The first-order chi connectivity index (χ1) is 18.4. The Morgan fingerprint density at radius 1 is 1.05 bits per heavy atom. The minimum absolute atomic E-state index is 0.0141. The molecule has 0 radical (unpaired) electrons. The molecule has 1 aliphatic heterocycles. The van der Waals surface area contributed by atoms with Gasteiger partial charge in [-0.3, -0.25) is 9.69 Å². The third-order valence-electron chi connectivity index (χ3n) is 8.06. The molecule has 2 fully saturated rings. The molecule has 2 aliphatic carbocycles. The molecule has 0 spiro atoms. The van der Waals surface area contributed by atoms with E-state index in [2.05, 4.69) is 17.3 Å². The number of carbonyl (C=O) groups is 3. The SMILES string of the molecule is CN(Cc1cc(-c2c3c(nc4cc(NC(=O)C5CC5)ccc24)COC3=O)ccc1C(=O)O)C1CCCCC1. The van der Waals surface area contributed by atoms with Gasteiger partial charge in [0, 0.05) is 35.1 Å². The molecule has 0 saturated heterocycles. The lowest BCUT2D eigenvalue weighted by Gasteiger charge is -2.31. The fraction of sp³-hybridized carbons (Fsp3) is 0.400. The summed E-state index contributed by atoms with van der Waals surface area (Å²) in [6, 6.07) is 11.2. The number of amides is 1. The number of anilines is 1. The molecule has 38 heavy (non-hydrogen) atoms. The Balaban J connectivity index is 1.43. The number of cyclic esters (lactones) is 1. The number of carboxylic acid groups (broad SMARTS) is 1. The Labute approximate surface area is 221 Å². The van der Waals surface area contributed by atoms with Crippen molar-refractivity contribution in [1.29, 1.82) is 0 Å². The van der Waals surface area contributed by atoms with Crippen molar-refractivity contribution in [3.63, 3.8) is 0 Å². The zero-order valence-corrected chi connectivity index (χ0v) is 21.5. The number of pyridine rings is 1. The number of nitrogens with zero attached hydrogens (tertiary/aromatic N) is 2. The van der Waals surface area contributed by atoms with Crippen LogP contribution in [0.5, 0.6) is 0 Å². The van der Waals surface area contributed by atoms with Crippen molar-refractivity contribution in [2.75, 3.05) is 12.4 Å². The van der Waals surface area contributed by atoms with Gasteiger partial charge in [-0.1, -0.05) is 31.4 Å². The van der Waals surface area contributed by atoms with Gasteiger partial charge in [0.15, 0.2) is 0 Å². The zero-order chi connectivity index (χ0) is 26.4. The first-order valence-electron chi connectivity index (χ1n) is 13.4. The molecule has 2 heterocycles. The second kappa shape index (κ2) is 9.83. The maximum atomic E-state index is 12.8. The number of carbonyl (C=O) groups excluding carboxylic acids is 2. The van der Waals surface area contributed by atoms with Crippen molar-refractivity contribution in [2.45, 2.75) is 64.1 Å². The Kier molecular flexibility index (Phi) is 6.35. The van der Waals surface area contributed by atoms with E-state index < -0.39 is 11.9 Å². The van der Waals surface area contributed by atoms with E-state index in [1.54, 1.807) is 12.1 Å². The minimum Gasteiger partial charge on any atom is -0.478 e. The van der Waals surface area contributed by atoms with Crippen molar-refractivity contribution < 1.29 is 24.2 Å². The van der Waals surface area contributed by atoms with Gasteiger partial charge in [0.25, 0.3) is 0 Å². The first-order valence-corrected chi connectivity index (χ1v) is 13.4. The normalized spacial score (nSPS) is 17.5. The fourth-order valence-electron chi connectivity index (χ4n) is 5.82. The van der Waals surface area contributed by atoms with Gasteiger partial charge in [-0.15, -0.1) is 0 Å². The number of aromatic nitrogens is 1. The largest absolute Gasteiger partial charge is 0.478 e. The summed E-state index contributed by atoms with van der Waals surface area (Å²) in [4.78, 5) is 44.2. The van der Waals surface area contributed by atoms with Crippen molar-refractivity contribution in [2.24, 2.45) is 5.92 Å². The van der Waals surface area contributed by atoms with E-state index in [1.807, 2.05) is 24.3 Å². The van der Waals surface area contributed by atoms with Crippen LogP contribution in [0.2, 0.25) is 0 Å². The lowest BCUT2D eigenvalue weighted by Crippen LogP contribution is -2.33. The van der Waals surface area contributed by atoms with Crippen LogP contribution >= 0.6 is 0 Å². The molecule has 3 aliphatic rings. The van der Waals surface area contributed by atoms with Gasteiger partial charge in [-0.05, 0) is 68.1 Å². The highest BCUT2D eigenvalue weighted by atomic mass is 16.5. The Hall–Kier alpha value is -3.78. The van der Waals surface area contributed by atoms with Crippen LogP contribution in [0, 0.1) is 5.92 Å². The zero-order valence-electron chi connectivity index (χ0n) is 21.5. The monoisotopic (exact) mass is 513 g/mol. The van der Waals surface area contributed by atoms with Gasteiger partial charge in [0.1, 0.15) is 6.61 Å². The van der Waals surface area contributed by atoms with Crippen molar-refractivity contribution in [1.82, 2.24) is 9.88 Å². The molecule has 2 N–H and O–H groups in total. The number of ether oxygens (including phenoxy) is 1. The van der Waals surface area contributed by atoms with Gasteiger partial charge < -0.3 is 15.2 Å². The molecule has 8 heteroatoms. The molecule has 1 amide bonds. The molecule has 1 aromatic heterocycles. The van der Waals surface area contributed by atoms with Crippen LogP contribution in [-0.4, -0.2) is 45.9 Å². The van der Waals surface area contributed by atoms with Gasteiger partial charge in [0.2, 0.25) is 5.91 Å². The quantitative estimate of drug-likeness (QED) is 0.408. The summed E-state index contributed by atoms with van der Waals surface area (Å²) < 4.78 is 5.35. The van der Waals surface area contributed by atoms with E-state index in [4.69, 9.17) is 9.72 Å². The van der Waals surface area contributed by atoms with E-state index in [9.17, 15) is 19.5 Å². The first kappa shape index (κ1) is 24.6. The summed E-state index contributed by atoms with van der Waals surface area (Å²) in [6.45, 7) is 0.591. The highest BCUT2D eigenvalue weighted by Gasteiger charge is 2.31. The van der Waals surface area contributed by atoms with Crippen molar-refractivity contribution in [3.8, 4) is 11.1 Å². The minimum atomic E-state index is -0.969. The molecule has 0 bridgehead atoms. The van der Waals surface area contributed by atoms with Crippen molar-refractivity contribution in [3.05, 3.63) is 58.8 Å². The lowest BCUT2D eigenvalue weighted by atomic mass is 9.91. The molecular weight excluding hydrogens is 482 g/mol. The van der Waals surface area contributed by atoms with Gasteiger partial charge >= 0.3 is 11.9 Å². The molecule has 196 valence electrons. The van der Waals surface area contributed by atoms with Gasteiger partial charge in [-0.2, -0.15) is 0 Å². The molecule has 6 rings (SSSR count). The van der Waals surface area contributed by atoms with Gasteiger partial charge in [-0.25, -0.2) is 14.6 Å². The highest BCUT2D eigenvalue weighted by Crippen LogP contribution is 2.39. The van der Waals surface area contributed by atoms with Crippen LogP contribution in [0.15, 0.2) is 36.4 Å². The maximum Gasteiger partial charge on any atom is 0.341 e. The van der Waals surface area contributed by atoms with Crippen LogP contribution in [0.3, 0.4) is 0 Å². The smallest absolute Gasteiger partial charge is 0.341 e. The molecule has 8 nitrogen and oxygen atoms in total. The summed E-state index contributed by atoms with van der Waals surface area (Å²) in [5.74, 6) is -1.30. The molecular formula is C30H31N3O5.